The first-order valence-corrected chi connectivity index (χ1v) is 8.17. The van der Waals surface area contributed by atoms with E-state index in [2.05, 4.69) is 36.3 Å². The number of nitrogens with one attached hydrogen (secondary N) is 1. The zero-order valence-corrected chi connectivity index (χ0v) is 14.5. The molecule has 1 aliphatic rings. The predicted octanol–water partition coefficient (Wildman–Crippen LogP) is 1.04. The molecule has 21 heavy (non-hydrogen) atoms. The molecule has 1 amide bonds. The van der Waals surface area contributed by atoms with Crippen LogP contribution in [0.2, 0.25) is 0 Å². The van der Waals surface area contributed by atoms with Gasteiger partial charge in [0, 0.05) is 12.1 Å². The van der Waals surface area contributed by atoms with Crippen molar-refractivity contribution in [2.75, 3.05) is 40.8 Å². The zero-order chi connectivity index (χ0) is 16.1. The molecule has 1 saturated carbocycles. The molecule has 1 atom stereocenters. The largest absolute Gasteiger partial charge is 0.368 e. The van der Waals surface area contributed by atoms with Crippen LogP contribution in [0.3, 0.4) is 0 Å². The standard InChI is InChI=1S/C16H34N4O/c1-6-18-15(2,14(17)21)9-8-12-20(5)13-16(19(3)4)10-7-11-16/h18H,6-13H2,1-5H3,(H2,17,21). The fourth-order valence-electron chi connectivity index (χ4n) is 3.30. The van der Waals surface area contributed by atoms with Gasteiger partial charge in [0.2, 0.25) is 5.91 Å². The number of carbonyl (C=O) groups is 1. The average Bonchev–Trinajstić information content (AvgIpc) is 2.33. The molecule has 0 bridgehead atoms. The van der Waals surface area contributed by atoms with Crippen LogP contribution in [0.4, 0.5) is 0 Å². The highest BCUT2D eigenvalue weighted by molar-refractivity contribution is 5.84. The van der Waals surface area contributed by atoms with E-state index in [0.29, 0.717) is 5.54 Å². The molecule has 0 aromatic carbocycles. The Morgan fingerprint density at radius 1 is 1.33 bits per heavy atom. The maximum Gasteiger partial charge on any atom is 0.237 e. The summed E-state index contributed by atoms with van der Waals surface area (Å²) in [6.45, 7) is 6.79. The fraction of sp³-hybridized carbons (Fsp3) is 0.938. The molecule has 0 saturated heterocycles. The van der Waals surface area contributed by atoms with Crippen molar-refractivity contribution in [3.05, 3.63) is 0 Å². The van der Waals surface area contributed by atoms with E-state index >= 15 is 0 Å². The molecular weight excluding hydrogens is 264 g/mol. The third-order valence-electron chi connectivity index (χ3n) is 5.12. The van der Waals surface area contributed by atoms with Gasteiger partial charge in [-0.15, -0.1) is 0 Å². The van der Waals surface area contributed by atoms with E-state index in [0.717, 1.165) is 32.5 Å². The fourth-order valence-corrected chi connectivity index (χ4v) is 3.30. The summed E-state index contributed by atoms with van der Waals surface area (Å²) in [6.07, 6.45) is 5.69. The third kappa shape index (κ3) is 4.66. The number of rotatable bonds is 10. The van der Waals surface area contributed by atoms with Crippen LogP contribution in [0.1, 0.15) is 46.0 Å². The van der Waals surface area contributed by atoms with E-state index in [4.69, 9.17) is 5.73 Å². The van der Waals surface area contributed by atoms with Crippen LogP contribution in [-0.4, -0.2) is 67.6 Å². The van der Waals surface area contributed by atoms with Gasteiger partial charge in [-0.25, -0.2) is 0 Å². The first-order chi connectivity index (χ1) is 9.76. The maximum absolute atomic E-state index is 11.6. The number of hydrogen-bond acceptors (Lipinski definition) is 4. The summed E-state index contributed by atoms with van der Waals surface area (Å²) in [7, 11) is 6.54. The lowest BCUT2D eigenvalue weighted by molar-refractivity contribution is -0.124. The molecule has 0 heterocycles. The summed E-state index contributed by atoms with van der Waals surface area (Å²) < 4.78 is 0. The number of amides is 1. The van der Waals surface area contributed by atoms with Crippen molar-refractivity contribution in [2.24, 2.45) is 5.73 Å². The zero-order valence-electron chi connectivity index (χ0n) is 14.5. The second-order valence-electron chi connectivity index (χ2n) is 7.04. The molecule has 0 aliphatic heterocycles. The minimum atomic E-state index is -0.578. The summed E-state index contributed by atoms with van der Waals surface area (Å²) in [5.41, 5.74) is 5.31. The number of nitrogens with two attached hydrogens (primary N) is 1. The molecule has 1 fully saturated rings. The van der Waals surface area contributed by atoms with Gasteiger partial charge >= 0.3 is 0 Å². The summed E-state index contributed by atoms with van der Waals surface area (Å²) in [5, 5.41) is 3.22. The molecule has 3 N–H and O–H groups in total. The van der Waals surface area contributed by atoms with Crippen molar-refractivity contribution in [2.45, 2.75) is 57.0 Å². The van der Waals surface area contributed by atoms with Gasteiger partial charge in [-0.1, -0.05) is 6.92 Å². The molecular formula is C16H34N4O. The molecule has 0 radical (unpaired) electrons. The lowest BCUT2D eigenvalue weighted by Crippen LogP contribution is -2.57. The predicted molar refractivity (Wildman–Crippen MR) is 88.3 cm³/mol. The van der Waals surface area contributed by atoms with Gasteiger partial charge in [-0.2, -0.15) is 0 Å². The van der Waals surface area contributed by atoms with Crippen molar-refractivity contribution in [3.63, 3.8) is 0 Å². The van der Waals surface area contributed by atoms with E-state index in [9.17, 15) is 4.79 Å². The number of carbonyl (C=O) groups excluding carboxylic acids is 1. The Balaban J connectivity index is 2.39. The van der Waals surface area contributed by atoms with Gasteiger partial charge in [0.25, 0.3) is 0 Å². The van der Waals surface area contributed by atoms with E-state index in [-0.39, 0.29) is 5.91 Å². The van der Waals surface area contributed by atoms with Crippen molar-refractivity contribution in [3.8, 4) is 0 Å². The molecule has 124 valence electrons. The SMILES string of the molecule is CCNC(C)(CCCN(C)CC1(N(C)C)CCC1)C(N)=O. The maximum atomic E-state index is 11.6. The number of primary amides is 1. The summed E-state index contributed by atoms with van der Waals surface area (Å²) >= 11 is 0. The van der Waals surface area contributed by atoms with Gasteiger partial charge in [0.15, 0.2) is 0 Å². The molecule has 0 aromatic heterocycles. The lowest BCUT2D eigenvalue weighted by atomic mass is 9.75. The molecule has 1 unspecified atom stereocenters. The second kappa shape index (κ2) is 7.56. The Morgan fingerprint density at radius 2 is 1.95 bits per heavy atom. The van der Waals surface area contributed by atoms with Gasteiger partial charge in [0.05, 0.1) is 5.54 Å². The Kier molecular flexibility index (Phi) is 6.63. The number of nitrogens with zero attached hydrogens (tertiary/aromatic N) is 2. The van der Waals surface area contributed by atoms with Crippen LogP contribution in [0.25, 0.3) is 0 Å². The Morgan fingerprint density at radius 3 is 2.33 bits per heavy atom. The van der Waals surface area contributed by atoms with Gasteiger partial charge in [-0.05, 0) is 73.3 Å². The van der Waals surface area contributed by atoms with E-state index in [1.807, 2.05) is 13.8 Å². The van der Waals surface area contributed by atoms with Crippen LogP contribution >= 0.6 is 0 Å². The second-order valence-corrected chi connectivity index (χ2v) is 7.04. The summed E-state index contributed by atoms with van der Waals surface area (Å²) in [5.74, 6) is -0.254. The Labute approximate surface area is 130 Å². The van der Waals surface area contributed by atoms with Crippen LogP contribution in [0, 0.1) is 0 Å². The van der Waals surface area contributed by atoms with Gasteiger partial charge < -0.3 is 20.9 Å². The highest BCUT2D eigenvalue weighted by Crippen LogP contribution is 2.36. The highest BCUT2D eigenvalue weighted by atomic mass is 16.1. The number of likely N-dealkylation sites (N-methyl/N-ethyl adjacent to an activating group) is 3. The van der Waals surface area contributed by atoms with Crippen molar-refractivity contribution in [1.82, 2.24) is 15.1 Å². The normalized spacial score (nSPS) is 20.3. The third-order valence-corrected chi connectivity index (χ3v) is 5.12. The van der Waals surface area contributed by atoms with Crippen molar-refractivity contribution >= 4 is 5.91 Å². The molecule has 5 nitrogen and oxygen atoms in total. The molecule has 5 heteroatoms. The first kappa shape index (κ1) is 18.4. The minimum absolute atomic E-state index is 0.254. The smallest absolute Gasteiger partial charge is 0.237 e. The average molecular weight is 298 g/mol. The lowest BCUT2D eigenvalue weighted by Gasteiger charge is -2.49. The quantitative estimate of drug-likeness (QED) is 0.632. The number of hydrogen-bond donors (Lipinski definition) is 2. The molecule has 1 rings (SSSR count). The van der Waals surface area contributed by atoms with Gasteiger partial charge in [0.1, 0.15) is 0 Å². The monoisotopic (exact) mass is 298 g/mol. The van der Waals surface area contributed by atoms with Crippen LogP contribution in [-0.2, 0) is 4.79 Å². The first-order valence-electron chi connectivity index (χ1n) is 8.17. The topological polar surface area (TPSA) is 61.6 Å². The van der Waals surface area contributed by atoms with Crippen LogP contribution in [0.15, 0.2) is 0 Å². The molecule has 1 aliphatic carbocycles. The van der Waals surface area contributed by atoms with E-state index < -0.39 is 5.54 Å². The minimum Gasteiger partial charge on any atom is -0.368 e. The highest BCUT2D eigenvalue weighted by Gasteiger charge is 2.39. The van der Waals surface area contributed by atoms with Crippen molar-refractivity contribution < 1.29 is 4.79 Å². The summed E-state index contributed by atoms with van der Waals surface area (Å²) in [4.78, 5) is 16.4. The Bertz CT molecular complexity index is 341. The van der Waals surface area contributed by atoms with Gasteiger partial charge in [-0.3, -0.25) is 4.79 Å². The van der Waals surface area contributed by atoms with E-state index in [1.165, 1.54) is 19.3 Å². The van der Waals surface area contributed by atoms with Crippen molar-refractivity contribution in [1.29, 1.82) is 0 Å². The van der Waals surface area contributed by atoms with E-state index in [1.54, 1.807) is 0 Å². The molecule has 0 spiro atoms. The Hall–Kier alpha value is -0.650. The van der Waals surface area contributed by atoms with Crippen LogP contribution in [0.5, 0.6) is 0 Å². The molecule has 0 aromatic rings. The summed E-state index contributed by atoms with van der Waals surface area (Å²) in [6, 6.07) is 0. The van der Waals surface area contributed by atoms with Crippen LogP contribution < -0.4 is 11.1 Å².